The highest BCUT2D eigenvalue weighted by Crippen LogP contribution is 2.07. The van der Waals surface area contributed by atoms with Gasteiger partial charge in [-0.05, 0) is 20.8 Å². The average Bonchev–Trinajstić information content (AvgIpc) is 2.32. The average molecular weight is 154 g/mol. The largest absolute Gasteiger partial charge is 0.355 e. The van der Waals surface area contributed by atoms with Crippen LogP contribution in [0.15, 0.2) is 18.7 Å². The van der Waals surface area contributed by atoms with Crippen LogP contribution in [0.25, 0.3) is 0 Å². The van der Waals surface area contributed by atoms with Crippen molar-refractivity contribution >= 4 is 0 Å². The minimum atomic E-state index is -0.0791. The van der Waals surface area contributed by atoms with Gasteiger partial charge in [0.15, 0.2) is 0 Å². The minimum Gasteiger partial charge on any atom is -0.355 e. The van der Waals surface area contributed by atoms with Crippen LogP contribution in [0.2, 0.25) is 0 Å². The van der Waals surface area contributed by atoms with Crippen LogP contribution < -0.4 is 0 Å². The van der Waals surface area contributed by atoms with Gasteiger partial charge in [-0.2, -0.15) is 0 Å². The maximum absolute atomic E-state index is 5.50. The standard InChI is InChI=1S/C8H14N2O/c1-8(2,3)11-7-10-5-4-9-6-10/h4-6H,7H2,1-3H3. The summed E-state index contributed by atoms with van der Waals surface area (Å²) in [5.41, 5.74) is -0.0791. The first-order valence-electron chi connectivity index (χ1n) is 3.68. The molecule has 0 aromatic carbocycles. The zero-order valence-electron chi connectivity index (χ0n) is 7.24. The molecule has 0 aliphatic heterocycles. The van der Waals surface area contributed by atoms with Gasteiger partial charge < -0.3 is 9.30 Å². The predicted molar refractivity (Wildman–Crippen MR) is 43.1 cm³/mol. The monoisotopic (exact) mass is 154 g/mol. The normalized spacial score (nSPS) is 11.9. The molecule has 0 aliphatic rings. The summed E-state index contributed by atoms with van der Waals surface area (Å²) in [5.74, 6) is 0. The highest BCUT2D eigenvalue weighted by molar-refractivity contribution is 4.72. The number of nitrogens with zero attached hydrogens (tertiary/aromatic N) is 2. The second kappa shape index (κ2) is 3.05. The van der Waals surface area contributed by atoms with Crippen molar-refractivity contribution in [1.29, 1.82) is 0 Å². The van der Waals surface area contributed by atoms with Crippen LogP contribution in [-0.2, 0) is 11.5 Å². The highest BCUT2D eigenvalue weighted by atomic mass is 16.5. The number of aromatic nitrogens is 2. The van der Waals surface area contributed by atoms with Gasteiger partial charge in [0.1, 0.15) is 6.73 Å². The number of ether oxygens (including phenoxy) is 1. The number of rotatable bonds is 2. The van der Waals surface area contributed by atoms with Crippen molar-refractivity contribution < 1.29 is 4.74 Å². The molecule has 0 bridgehead atoms. The molecular weight excluding hydrogens is 140 g/mol. The van der Waals surface area contributed by atoms with Gasteiger partial charge in [0.05, 0.1) is 11.9 Å². The smallest absolute Gasteiger partial charge is 0.124 e. The molecule has 0 saturated heterocycles. The Morgan fingerprint density at radius 2 is 2.18 bits per heavy atom. The molecule has 1 heterocycles. The van der Waals surface area contributed by atoms with Gasteiger partial charge in [-0.3, -0.25) is 0 Å². The highest BCUT2D eigenvalue weighted by Gasteiger charge is 2.08. The van der Waals surface area contributed by atoms with E-state index in [2.05, 4.69) is 4.98 Å². The Balaban J connectivity index is 2.35. The quantitative estimate of drug-likeness (QED) is 0.647. The molecule has 0 atom stereocenters. The van der Waals surface area contributed by atoms with Crippen LogP contribution in [-0.4, -0.2) is 15.2 Å². The first-order chi connectivity index (χ1) is 5.08. The number of hydrogen-bond acceptors (Lipinski definition) is 2. The Hall–Kier alpha value is -0.830. The fourth-order valence-corrected chi connectivity index (χ4v) is 0.631. The maximum Gasteiger partial charge on any atom is 0.124 e. The van der Waals surface area contributed by atoms with Crippen molar-refractivity contribution in [2.75, 3.05) is 0 Å². The van der Waals surface area contributed by atoms with Gasteiger partial charge in [0, 0.05) is 12.4 Å². The van der Waals surface area contributed by atoms with Crippen molar-refractivity contribution in [2.45, 2.75) is 33.1 Å². The van der Waals surface area contributed by atoms with E-state index in [1.807, 2.05) is 31.5 Å². The zero-order chi connectivity index (χ0) is 8.32. The molecule has 3 heteroatoms. The van der Waals surface area contributed by atoms with E-state index in [4.69, 9.17) is 4.74 Å². The Kier molecular flexibility index (Phi) is 2.29. The van der Waals surface area contributed by atoms with E-state index in [1.165, 1.54) is 0 Å². The molecule has 1 rings (SSSR count). The Morgan fingerprint density at radius 3 is 2.64 bits per heavy atom. The van der Waals surface area contributed by atoms with E-state index >= 15 is 0 Å². The third kappa shape index (κ3) is 3.18. The van der Waals surface area contributed by atoms with Gasteiger partial charge in [0.2, 0.25) is 0 Å². The summed E-state index contributed by atoms with van der Waals surface area (Å²) < 4.78 is 7.39. The van der Waals surface area contributed by atoms with Crippen LogP contribution in [0, 0.1) is 0 Å². The Labute approximate surface area is 67.0 Å². The van der Waals surface area contributed by atoms with Crippen molar-refractivity contribution in [1.82, 2.24) is 9.55 Å². The first kappa shape index (κ1) is 8.27. The molecular formula is C8H14N2O. The van der Waals surface area contributed by atoms with Gasteiger partial charge in [-0.25, -0.2) is 4.98 Å². The van der Waals surface area contributed by atoms with E-state index in [0.717, 1.165) is 0 Å². The predicted octanol–water partition coefficient (Wildman–Crippen LogP) is 1.66. The van der Waals surface area contributed by atoms with Crippen LogP contribution in [0.1, 0.15) is 20.8 Å². The summed E-state index contributed by atoms with van der Waals surface area (Å²) in [6.45, 7) is 6.67. The van der Waals surface area contributed by atoms with Crippen LogP contribution >= 0.6 is 0 Å². The SMILES string of the molecule is CC(C)(C)OCn1ccnc1. The summed E-state index contributed by atoms with van der Waals surface area (Å²) in [6, 6.07) is 0. The second-order valence-corrected chi connectivity index (χ2v) is 3.46. The molecule has 1 aromatic rings. The summed E-state index contributed by atoms with van der Waals surface area (Å²) >= 11 is 0. The lowest BCUT2D eigenvalue weighted by molar-refractivity contribution is -0.0433. The molecule has 0 spiro atoms. The number of imidazole rings is 1. The van der Waals surface area contributed by atoms with Crippen LogP contribution in [0.5, 0.6) is 0 Å². The van der Waals surface area contributed by atoms with Gasteiger partial charge in [-0.1, -0.05) is 0 Å². The van der Waals surface area contributed by atoms with Gasteiger partial charge >= 0.3 is 0 Å². The molecule has 0 unspecified atom stereocenters. The Bertz CT molecular complexity index is 198. The third-order valence-electron chi connectivity index (χ3n) is 1.21. The molecule has 3 nitrogen and oxygen atoms in total. The van der Waals surface area contributed by atoms with E-state index < -0.39 is 0 Å². The van der Waals surface area contributed by atoms with Crippen molar-refractivity contribution in [2.24, 2.45) is 0 Å². The zero-order valence-corrected chi connectivity index (χ0v) is 7.24. The first-order valence-corrected chi connectivity index (χ1v) is 3.68. The maximum atomic E-state index is 5.50. The third-order valence-corrected chi connectivity index (χ3v) is 1.21. The minimum absolute atomic E-state index is 0.0791. The van der Waals surface area contributed by atoms with Crippen molar-refractivity contribution in [3.63, 3.8) is 0 Å². The molecule has 0 fully saturated rings. The second-order valence-electron chi connectivity index (χ2n) is 3.46. The lowest BCUT2D eigenvalue weighted by Gasteiger charge is -2.19. The van der Waals surface area contributed by atoms with E-state index in [0.29, 0.717) is 6.73 Å². The fourth-order valence-electron chi connectivity index (χ4n) is 0.631. The van der Waals surface area contributed by atoms with Crippen molar-refractivity contribution in [3.8, 4) is 0 Å². The lowest BCUT2D eigenvalue weighted by atomic mass is 10.2. The summed E-state index contributed by atoms with van der Waals surface area (Å²) in [4.78, 5) is 3.91. The fraction of sp³-hybridized carbons (Fsp3) is 0.625. The van der Waals surface area contributed by atoms with Gasteiger partial charge in [-0.15, -0.1) is 0 Å². The molecule has 0 radical (unpaired) electrons. The molecule has 0 aliphatic carbocycles. The molecule has 0 amide bonds. The summed E-state index contributed by atoms with van der Waals surface area (Å²) in [5, 5.41) is 0. The van der Waals surface area contributed by atoms with E-state index in [1.54, 1.807) is 12.5 Å². The van der Waals surface area contributed by atoms with Crippen LogP contribution in [0.3, 0.4) is 0 Å². The lowest BCUT2D eigenvalue weighted by Crippen LogP contribution is -2.20. The summed E-state index contributed by atoms with van der Waals surface area (Å²) in [6.07, 6.45) is 5.36. The molecule has 1 aromatic heterocycles. The van der Waals surface area contributed by atoms with Gasteiger partial charge in [0.25, 0.3) is 0 Å². The molecule has 0 saturated carbocycles. The summed E-state index contributed by atoms with van der Waals surface area (Å²) in [7, 11) is 0. The van der Waals surface area contributed by atoms with E-state index in [9.17, 15) is 0 Å². The molecule has 0 N–H and O–H groups in total. The van der Waals surface area contributed by atoms with Crippen LogP contribution in [0.4, 0.5) is 0 Å². The molecule has 11 heavy (non-hydrogen) atoms. The van der Waals surface area contributed by atoms with Crippen molar-refractivity contribution in [3.05, 3.63) is 18.7 Å². The topological polar surface area (TPSA) is 27.1 Å². The number of hydrogen-bond donors (Lipinski definition) is 0. The molecule has 62 valence electrons. The van der Waals surface area contributed by atoms with E-state index in [-0.39, 0.29) is 5.60 Å². The Morgan fingerprint density at radius 1 is 1.45 bits per heavy atom.